The van der Waals surface area contributed by atoms with Crippen molar-refractivity contribution in [3.8, 4) is 0 Å². The fraction of sp³-hybridized carbons (Fsp3) is 0.273. The Morgan fingerprint density at radius 1 is 0.556 bits per heavy atom. The van der Waals surface area contributed by atoms with E-state index < -0.39 is 42.0 Å². The van der Waals surface area contributed by atoms with Crippen LogP contribution < -0.4 is 19.7 Å². The summed E-state index contributed by atoms with van der Waals surface area (Å²) in [6, 6.07) is 24.4. The molecular formula is C44H49N10O14S4-. The molecule has 0 bridgehead atoms. The molecule has 2 aromatic heterocycles. The van der Waals surface area contributed by atoms with E-state index in [1.54, 1.807) is 82.6 Å². The van der Waals surface area contributed by atoms with E-state index in [1.807, 2.05) is 12.1 Å². The maximum absolute atomic E-state index is 12.7. The average Bonchev–Trinajstić information content (AvgIpc) is 3.31. The van der Waals surface area contributed by atoms with Gasteiger partial charge in [0.2, 0.25) is 21.9 Å². The molecule has 0 spiro atoms. The molecule has 2 heterocycles. The zero-order valence-corrected chi connectivity index (χ0v) is 41.3. The molecule has 0 amide bonds. The Labute approximate surface area is 418 Å². The molecule has 0 saturated heterocycles. The first-order valence-electron chi connectivity index (χ1n) is 21.4. The van der Waals surface area contributed by atoms with Gasteiger partial charge in [0.05, 0.1) is 31.3 Å². The van der Waals surface area contributed by atoms with Crippen molar-refractivity contribution >= 4 is 71.8 Å². The Kier molecular flexibility index (Phi) is 20.9. The molecule has 0 aliphatic rings. The van der Waals surface area contributed by atoms with Gasteiger partial charge in [-0.25, -0.2) is 23.5 Å². The minimum Gasteiger partial charge on any atom is -0.755 e. The Hall–Kier alpha value is -6.57. The number of aliphatic hydroxyl groups is 4. The number of nitrogens with two attached hydrogens (primary N) is 1. The summed E-state index contributed by atoms with van der Waals surface area (Å²) in [5.74, 6) is 1.74. The van der Waals surface area contributed by atoms with Gasteiger partial charge in [0.1, 0.15) is 28.2 Å². The lowest BCUT2D eigenvalue weighted by Crippen LogP contribution is -2.32. The van der Waals surface area contributed by atoms with Crippen molar-refractivity contribution in [2.45, 2.75) is 35.5 Å². The van der Waals surface area contributed by atoms with Crippen LogP contribution >= 0.6 is 0 Å². The number of primary sulfonamides is 1. The highest BCUT2D eigenvalue weighted by Gasteiger charge is 2.19. The van der Waals surface area contributed by atoms with Crippen LogP contribution in [0.15, 0.2) is 101 Å². The highest BCUT2D eigenvalue weighted by Crippen LogP contribution is 2.24. The first-order valence-corrected chi connectivity index (χ1v) is 26.4. The van der Waals surface area contributed by atoms with Crippen molar-refractivity contribution in [1.82, 2.24) is 29.9 Å². The predicted molar refractivity (Wildman–Crippen MR) is 262 cm³/mol. The molecule has 1 unspecified atom stereocenters. The van der Waals surface area contributed by atoms with E-state index >= 15 is 0 Å². The van der Waals surface area contributed by atoms with Crippen molar-refractivity contribution in [2.75, 3.05) is 67.1 Å². The Morgan fingerprint density at radius 3 is 1.31 bits per heavy atom. The van der Waals surface area contributed by atoms with E-state index in [9.17, 15) is 50.6 Å². The van der Waals surface area contributed by atoms with Crippen LogP contribution in [-0.4, -0.2) is 146 Å². The number of aliphatic hydroxyl groups excluding tert-OH is 4. The first kappa shape index (κ1) is 56.3. The highest BCUT2D eigenvalue weighted by atomic mass is 32.2. The summed E-state index contributed by atoms with van der Waals surface area (Å²) in [6.45, 7) is -0.413. The molecule has 28 heteroatoms. The van der Waals surface area contributed by atoms with Crippen LogP contribution in [0.2, 0.25) is 0 Å². The monoisotopic (exact) mass is 1070 g/mol. The molecule has 0 aliphatic carbocycles. The molecule has 1 atom stereocenters. The van der Waals surface area contributed by atoms with Crippen molar-refractivity contribution < 1.29 is 63.2 Å². The molecule has 0 aliphatic heterocycles. The van der Waals surface area contributed by atoms with Crippen molar-refractivity contribution in [3.05, 3.63) is 148 Å². The lowest BCUT2D eigenvalue weighted by molar-refractivity contribution is 0.279. The topological polar surface area (TPSA) is 383 Å². The number of benzene rings is 4. The van der Waals surface area contributed by atoms with E-state index in [-0.39, 0.29) is 111 Å². The predicted octanol–water partition coefficient (Wildman–Crippen LogP) is 0.268. The maximum atomic E-state index is 12.7. The largest absolute Gasteiger partial charge is 0.755 e. The van der Waals surface area contributed by atoms with Gasteiger partial charge in [-0.3, -0.25) is 8.76 Å². The Bertz CT molecular complexity index is 3160. The summed E-state index contributed by atoms with van der Waals surface area (Å²) in [4.78, 5) is 30.4. The van der Waals surface area contributed by atoms with Crippen LogP contribution in [0.5, 0.6) is 0 Å². The third-order valence-corrected chi connectivity index (χ3v) is 12.4. The summed E-state index contributed by atoms with van der Waals surface area (Å²) in [5.41, 5.74) is 3.96. The van der Waals surface area contributed by atoms with Gasteiger partial charge in [-0.05, 0) is 63.7 Å². The van der Waals surface area contributed by atoms with Gasteiger partial charge in [-0.2, -0.15) is 28.4 Å². The number of nitrogens with one attached hydrogen (secondary N) is 1. The van der Waals surface area contributed by atoms with E-state index in [4.69, 9.17) is 17.8 Å². The van der Waals surface area contributed by atoms with E-state index in [1.165, 1.54) is 18.2 Å². The number of hydrogen-bond acceptors (Lipinski definition) is 21. The molecule has 4 aromatic carbocycles. The molecule has 24 nitrogen and oxygen atoms in total. The van der Waals surface area contributed by atoms with Crippen LogP contribution in [0.25, 0.3) is 12.2 Å². The van der Waals surface area contributed by atoms with Gasteiger partial charge in [-0.15, -0.1) is 12.6 Å². The van der Waals surface area contributed by atoms with E-state index in [2.05, 4.69) is 34.6 Å². The summed E-state index contributed by atoms with van der Waals surface area (Å²) in [6.07, 6.45) is 3.93. The van der Waals surface area contributed by atoms with Crippen LogP contribution in [0.4, 0.5) is 17.6 Å². The van der Waals surface area contributed by atoms with E-state index in [0.717, 1.165) is 11.1 Å². The molecule has 0 saturated carbocycles. The van der Waals surface area contributed by atoms with Gasteiger partial charge in [0.25, 0.3) is 10.1 Å². The van der Waals surface area contributed by atoms with Crippen LogP contribution in [0.3, 0.4) is 0 Å². The molecule has 0 radical (unpaired) electrons. The second-order valence-electron chi connectivity index (χ2n) is 15.4. The maximum Gasteiger partial charge on any atom is 0.425 e. The summed E-state index contributed by atoms with van der Waals surface area (Å²) < 4.78 is 109. The fourth-order valence-corrected chi connectivity index (χ4v) is 8.49. The quantitative estimate of drug-likeness (QED) is 0.0243. The SMILES string of the molecule is NS(=O)(=O)c1ccc(Cc2nc(Cc3ccc(/C=C/c4ccc(Cc5nc(Cc6ccc(NS(=O)[O-])cc6)nc(N(CCO)CCO)n5)cc4S(=O)(=O)O)cc3)nc(N(CCO)CCO)n2)cc1.O=S(=O)=O. The summed E-state index contributed by atoms with van der Waals surface area (Å²) in [7, 11) is -11.7. The van der Waals surface area contributed by atoms with Crippen LogP contribution in [-0.2, 0) is 67.7 Å². The summed E-state index contributed by atoms with van der Waals surface area (Å²) >= 11 is -2.50. The number of hydrogen-bond donors (Lipinski definition) is 7. The number of sulfonamides is 1. The third kappa shape index (κ3) is 17.9. The Balaban J connectivity index is 0.00000232. The van der Waals surface area contributed by atoms with Gasteiger partial charge >= 0.3 is 10.6 Å². The van der Waals surface area contributed by atoms with Gasteiger partial charge in [0, 0.05) is 68.8 Å². The molecular weight excluding hydrogens is 1020 g/mol. The number of anilines is 3. The van der Waals surface area contributed by atoms with Crippen molar-refractivity contribution in [1.29, 1.82) is 0 Å². The van der Waals surface area contributed by atoms with Gasteiger partial charge < -0.3 is 39.5 Å². The molecule has 6 rings (SSSR count). The number of nitrogens with zero attached hydrogens (tertiary/aromatic N) is 8. The van der Waals surface area contributed by atoms with Crippen molar-refractivity contribution in [2.24, 2.45) is 5.14 Å². The zero-order valence-electron chi connectivity index (χ0n) is 38.0. The van der Waals surface area contributed by atoms with Crippen LogP contribution in [0.1, 0.15) is 56.7 Å². The molecule has 384 valence electrons. The fourth-order valence-electron chi connectivity index (χ4n) is 6.91. The summed E-state index contributed by atoms with van der Waals surface area (Å²) in [5, 5.41) is 44.0. The normalized spacial score (nSPS) is 12.0. The highest BCUT2D eigenvalue weighted by molar-refractivity contribution is 7.89. The number of rotatable bonds is 24. The molecule has 6 aromatic rings. The molecule has 8 N–H and O–H groups in total. The smallest absolute Gasteiger partial charge is 0.425 e. The van der Waals surface area contributed by atoms with E-state index in [0.29, 0.717) is 39.9 Å². The minimum absolute atomic E-state index is 0.0140. The molecule has 72 heavy (non-hydrogen) atoms. The zero-order chi connectivity index (χ0) is 52.4. The molecule has 0 fully saturated rings. The van der Waals surface area contributed by atoms with Crippen LogP contribution in [0, 0.1) is 0 Å². The minimum atomic E-state index is -4.73. The first-order chi connectivity index (χ1) is 34.3. The Morgan fingerprint density at radius 2 is 0.931 bits per heavy atom. The lowest BCUT2D eigenvalue weighted by Gasteiger charge is -2.21. The standard InChI is InChI=1S/C44H50N10O11S3.O3S/c45-67(61,62)37-15-9-33(10-16-37)28-41-46-39(48-43(50-41)53(17-21-55)18-22-56)26-31-3-1-30(2-4-31)5-11-35-12-6-34(25-38(35)68(63,64)65)29-42-47-40(49-44(51-42)54(19-23-57)20-24-58)27-32-7-13-36(14-8-32)52-66(59)60;1-4(2)3/h1-16,25,52,55-58H,17-24,26-29H2,(H,59,60)(H2,45,61,62)(H,63,64,65);/p-1/b11-5+;. The second-order valence-corrected chi connectivity index (χ2v) is 19.4. The van der Waals surface area contributed by atoms with Gasteiger partial charge in [0.15, 0.2) is 0 Å². The third-order valence-electron chi connectivity index (χ3n) is 10.1. The second kappa shape index (κ2) is 26.8. The number of aromatic nitrogens is 6. The van der Waals surface area contributed by atoms with Crippen molar-refractivity contribution in [3.63, 3.8) is 0 Å². The van der Waals surface area contributed by atoms with Gasteiger partial charge in [-0.1, -0.05) is 72.8 Å². The lowest BCUT2D eigenvalue weighted by atomic mass is 10.1. The average molecular weight is 1070 g/mol.